The van der Waals surface area contributed by atoms with E-state index in [4.69, 9.17) is 4.74 Å². The van der Waals surface area contributed by atoms with Crippen molar-refractivity contribution >= 4 is 40.7 Å². The molecule has 0 unspecified atom stereocenters. The highest BCUT2D eigenvalue weighted by Gasteiger charge is 2.25. The molecule has 1 aromatic carbocycles. The van der Waals surface area contributed by atoms with E-state index in [9.17, 15) is 4.79 Å². The molecule has 1 aliphatic heterocycles. The summed E-state index contributed by atoms with van der Waals surface area (Å²) < 4.78 is 5.49. The van der Waals surface area contributed by atoms with Crippen molar-refractivity contribution in [3.8, 4) is 5.75 Å². The number of nitrogens with zero attached hydrogens (tertiary/aromatic N) is 3. The van der Waals surface area contributed by atoms with E-state index in [1.807, 2.05) is 48.2 Å². The Labute approximate surface area is 183 Å². The molecule has 4 rings (SSSR count). The molecular formula is C23H27ClN4O2. The van der Waals surface area contributed by atoms with Gasteiger partial charge in [0.1, 0.15) is 5.75 Å². The number of halogens is 1. The number of aryl methyl sites for hydroxylation is 1. The van der Waals surface area contributed by atoms with Crippen LogP contribution in [0.25, 0.3) is 11.0 Å². The zero-order valence-corrected chi connectivity index (χ0v) is 18.3. The fourth-order valence-electron chi connectivity index (χ4n) is 3.73. The highest BCUT2D eigenvalue weighted by atomic mass is 35.5. The van der Waals surface area contributed by atoms with E-state index >= 15 is 0 Å². The predicted octanol–water partition coefficient (Wildman–Crippen LogP) is 4.98. The van der Waals surface area contributed by atoms with Gasteiger partial charge >= 0.3 is 0 Å². The van der Waals surface area contributed by atoms with E-state index in [-0.39, 0.29) is 18.3 Å². The quantitative estimate of drug-likeness (QED) is 0.636. The summed E-state index contributed by atoms with van der Waals surface area (Å²) >= 11 is 0. The minimum Gasteiger partial charge on any atom is -0.495 e. The lowest BCUT2D eigenvalue weighted by atomic mass is 9.98. The summed E-state index contributed by atoms with van der Waals surface area (Å²) in [6.45, 7) is 5.72. The number of anilines is 2. The first-order valence-corrected chi connectivity index (χ1v) is 10.0. The van der Waals surface area contributed by atoms with E-state index in [2.05, 4.69) is 22.2 Å². The van der Waals surface area contributed by atoms with Crippen LogP contribution < -0.4 is 10.1 Å². The zero-order valence-electron chi connectivity index (χ0n) is 17.5. The van der Waals surface area contributed by atoms with Crippen LogP contribution in [-0.2, 0) is 0 Å². The number of para-hydroxylation sites is 2. The van der Waals surface area contributed by atoms with Gasteiger partial charge in [0.15, 0.2) is 5.65 Å². The molecule has 1 N–H and O–H groups in total. The Kier molecular flexibility index (Phi) is 6.77. The van der Waals surface area contributed by atoms with Gasteiger partial charge in [-0.15, -0.1) is 12.4 Å². The predicted molar refractivity (Wildman–Crippen MR) is 122 cm³/mol. The Balaban J connectivity index is 0.00000256. The molecule has 0 radical (unpaired) electrons. The molecule has 0 saturated carbocycles. The summed E-state index contributed by atoms with van der Waals surface area (Å²) in [6.07, 6.45) is 3.71. The van der Waals surface area contributed by atoms with Gasteiger partial charge in [-0.3, -0.25) is 4.79 Å². The third-order valence-electron chi connectivity index (χ3n) is 5.54. The van der Waals surface area contributed by atoms with Gasteiger partial charge in [-0.1, -0.05) is 19.1 Å². The Hall–Kier alpha value is -2.86. The van der Waals surface area contributed by atoms with Gasteiger partial charge < -0.3 is 15.0 Å². The third-order valence-corrected chi connectivity index (χ3v) is 5.54. The van der Waals surface area contributed by atoms with Crippen molar-refractivity contribution in [1.82, 2.24) is 14.9 Å². The van der Waals surface area contributed by atoms with Crippen LogP contribution in [0.4, 0.5) is 11.4 Å². The molecule has 0 bridgehead atoms. The monoisotopic (exact) mass is 426 g/mol. The Bertz CT molecular complexity index is 1050. The van der Waals surface area contributed by atoms with Crippen LogP contribution >= 0.6 is 12.4 Å². The average Bonchev–Trinajstić information content (AvgIpc) is 2.74. The standard InChI is InChI=1S/C23H26N4O2.ClH/c1-15-10-12-27(13-11-15)23(28)18-14-24-22-17(9-8-16(2)25-22)21(18)26-19-6-4-5-7-20(19)29-3;/h4-9,14-15H,10-13H2,1-3H3,(H,24,25,26);1H. The summed E-state index contributed by atoms with van der Waals surface area (Å²) in [4.78, 5) is 24.3. The van der Waals surface area contributed by atoms with Crippen LogP contribution in [0, 0.1) is 12.8 Å². The van der Waals surface area contributed by atoms with Crippen molar-refractivity contribution in [2.75, 3.05) is 25.5 Å². The maximum atomic E-state index is 13.4. The molecule has 7 heteroatoms. The maximum absolute atomic E-state index is 13.4. The third kappa shape index (κ3) is 4.33. The number of rotatable bonds is 4. The number of methoxy groups -OCH3 is 1. The van der Waals surface area contributed by atoms with Gasteiger partial charge in [0, 0.05) is 30.4 Å². The number of hydrogen-bond donors (Lipinski definition) is 1. The molecule has 0 aliphatic carbocycles. The smallest absolute Gasteiger partial charge is 0.257 e. The number of pyridine rings is 2. The van der Waals surface area contributed by atoms with Crippen LogP contribution in [0.15, 0.2) is 42.6 Å². The number of hydrogen-bond acceptors (Lipinski definition) is 5. The summed E-state index contributed by atoms with van der Waals surface area (Å²) in [5.41, 5.74) is 3.58. The number of aromatic nitrogens is 2. The normalized spacial score (nSPS) is 14.3. The van der Waals surface area contributed by atoms with E-state index in [0.29, 0.717) is 22.9 Å². The van der Waals surface area contributed by atoms with Crippen LogP contribution in [-0.4, -0.2) is 41.0 Å². The number of carbonyl (C=O) groups excluding carboxylic acids is 1. The van der Waals surface area contributed by atoms with Gasteiger partial charge in [0.25, 0.3) is 5.91 Å². The summed E-state index contributed by atoms with van der Waals surface area (Å²) in [7, 11) is 1.64. The Morgan fingerprint density at radius 1 is 1.17 bits per heavy atom. The number of carbonyl (C=O) groups is 1. The molecular weight excluding hydrogens is 400 g/mol. The molecule has 6 nitrogen and oxygen atoms in total. The molecule has 158 valence electrons. The number of ether oxygens (including phenoxy) is 1. The molecule has 0 spiro atoms. The lowest BCUT2D eigenvalue weighted by Gasteiger charge is -2.31. The second-order valence-electron chi connectivity index (χ2n) is 7.67. The van der Waals surface area contributed by atoms with Crippen molar-refractivity contribution < 1.29 is 9.53 Å². The van der Waals surface area contributed by atoms with Crippen LogP contribution in [0.1, 0.15) is 35.8 Å². The Morgan fingerprint density at radius 2 is 1.90 bits per heavy atom. The Morgan fingerprint density at radius 3 is 2.63 bits per heavy atom. The van der Waals surface area contributed by atoms with Crippen molar-refractivity contribution in [2.24, 2.45) is 5.92 Å². The zero-order chi connectivity index (χ0) is 20.4. The first-order valence-electron chi connectivity index (χ1n) is 10.0. The molecule has 30 heavy (non-hydrogen) atoms. The fraction of sp³-hybridized carbons (Fsp3) is 0.348. The maximum Gasteiger partial charge on any atom is 0.257 e. The van der Waals surface area contributed by atoms with Crippen molar-refractivity contribution in [3.63, 3.8) is 0 Å². The highest BCUT2D eigenvalue weighted by molar-refractivity contribution is 6.07. The van der Waals surface area contributed by atoms with Crippen LogP contribution in [0.2, 0.25) is 0 Å². The minimum absolute atomic E-state index is 0. The minimum atomic E-state index is 0. The summed E-state index contributed by atoms with van der Waals surface area (Å²) in [5, 5.41) is 4.25. The van der Waals surface area contributed by atoms with E-state index < -0.39 is 0 Å². The molecule has 1 saturated heterocycles. The number of nitrogens with one attached hydrogen (secondary N) is 1. The lowest BCUT2D eigenvalue weighted by Crippen LogP contribution is -2.38. The summed E-state index contributed by atoms with van der Waals surface area (Å²) in [6, 6.07) is 11.6. The molecule has 1 fully saturated rings. The SMILES string of the molecule is COc1ccccc1Nc1c(C(=O)N2CCC(C)CC2)cnc2nc(C)ccc12.Cl. The lowest BCUT2D eigenvalue weighted by molar-refractivity contribution is 0.0698. The first kappa shape index (κ1) is 21.8. The van der Waals surface area contributed by atoms with Crippen molar-refractivity contribution in [1.29, 1.82) is 0 Å². The van der Waals surface area contributed by atoms with Gasteiger partial charge in [0.05, 0.1) is 24.0 Å². The van der Waals surface area contributed by atoms with Gasteiger partial charge in [-0.05, 0) is 49.9 Å². The highest BCUT2D eigenvalue weighted by Crippen LogP contribution is 2.34. The van der Waals surface area contributed by atoms with E-state index in [0.717, 1.165) is 48.4 Å². The topological polar surface area (TPSA) is 67.3 Å². The molecule has 3 heterocycles. The van der Waals surface area contributed by atoms with Gasteiger partial charge in [-0.25, -0.2) is 9.97 Å². The van der Waals surface area contributed by atoms with Gasteiger partial charge in [-0.2, -0.15) is 0 Å². The number of amides is 1. The molecule has 0 atom stereocenters. The van der Waals surface area contributed by atoms with Crippen molar-refractivity contribution in [2.45, 2.75) is 26.7 Å². The van der Waals surface area contributed by atoms with E-state index in [1.165, 1.54) is 0 Å². The fourth-order valence-corrected chi connectivity index (χ4v) is 3.73. The first-order chi connectivity index (χ1) is 14.1. The van der Waals surface area contributed by atoms with Gasteiger partial charge in [0.2, 0.25) is 0 Å². The van der Waals surface area contributed by atoms with Crippen LogP contribution in [0.5, 0.6) is 5.75 Å². The number of fused-ring (bicyclic) bond motifs is 1. The second-order valence-corrected chi connectivity index (χ2v) is 7.67. The largest absolute Gasteiger partial charge is 0.495 e. The molecule has 3 aromatic rings. The van der Waals surface area contributed by atoms with Crippen molar-refractivity contribution in [3.05, 3.63) is 53.9 Å². The van der Waals surface area contributed by atoms with Crippen LogP contribution in [0.3, 0.4) is 0 Å². The average molecular weight is 427 g/mol. The molecule has 2 aromatic heterocycles. The number of piperidine rings is 1. The number of likely N-dealkylation sites (tertiary alicyclic amines) is 1. The van der Waals surface area contributed by atoms with E-state index in [1.54, 1.807) is 13.3 Å². The second kappa shape index (κ2) is 9.30. The summed E-state index contributed by atoms with van der Waals surface area (Å²) in [5.74, 6) is 1.37. The molecule has 1 aliphatic rings. The molecule has 1 amide bonds. The number of benzene rings is 1.